The molecule has 0 aromatic rings. The second-order valence-electron chi connectivity index (χ2n) is 2.03. The molecule has 0 radical (unpaired) electrons. The number of rotatable bonds is 4. The Morgan fingerprint density at radius 3 is 1.75 bits per heavy atom. The second-order valence-corrected chi connectivity index (χ2v) is 3.00. The molecule has 66 valence electrons. The molecule has 0 aromatic carbocycles. The highest BCUT2D eigenvalue weighted by molar-refractivity contribution is 7.33. The van der Waals surface area contributed by atoms with Crippen molar-refractivity contribution in [3.8, 4) is 12.1 Å². The lowest BCUT2D eigenvalue weighted by Gasteiger charge is -2.06. The molecule has 0 N–H and O–H groups in total. The Bertz CT molecular complexity index is 218. The topological polar surface area (TPSA) is 83.1 Å². The molecule has 2 atom stereocenters. The summed E-state index contributed by atoms with van der Waals surface area (Å²) in [7, 11) is -2.71. The van der Waals surface area contributed by atoms with Crippen molar-refractivity contribution in [1.82, 2.24) is 0 Å². The number of nitrogens with zero attached hydrogens (tertiary/aromatic N) is 2. The van der Waals surface area contributed by atoms with Crippen LogP contribution in [0.3, 0.4) is 0 Å². The maximum atomic E-state index is 10.8. The van der Waals surface area contributed by atoms with Crippen LogP contribution in [-0.4, -0.2) is 12.2 Å². The van der Waals surface area contributed by atoms with Gasteiger partial charge in [-0.3, -0.25) is 13.6 Å². The fraction of sp³-hybridized carbons (Fsp3) is 0.667. The SMILES string of the molecule is CC(C#N)O[PH](=O)OC(C)C#N. The summed E-state index contributed by atoms with van der Waals surface area (Å²) in [5.74, 6) is 0. The van der Waals surface area contributed by atoms with Crippen LogP contribution in [0.15, 0.2) is 0 Å². The lowest BCUT2D eigenvalue weighted by atomic mass is 10.5. The molecule has 0 aliphatic carbocycles. The highest BCUT2D eigenvalue weighted by atomic mass is 31.1. The van der Waals surface area contributed by atoms with Crippen LogP contribution in [0.4, 0.5) is 0 Å². The molecule has 0 spiro atoms. The van der Waals surface area contributed by atoms with Crippen molar-refractivity contribution >= 4 is 8.25 Å². The van der Waals surface area contributed by atoms with Gasteiger partial charge in [0.05, 0.1) is 12.1 Å². The van der Waals surface area contributed by atoms with Gasteiger partial charge in [0.2, 0.25) is 0 Å². The van der Waals surface area contributed by atoms with Gasteiger partial charge in [-0.1, -0.05) is 0 Å². The number of hydrogen-bond acceptors (Lipinski definition) is 5. The summed E-state index contributed by atoms with van der Waals surface area (Å²) in [6, 6.07) is 3.45. The summed E-state index contributed by atoms with van der Waals surface area (Å²) < 4.78 is 20.0. The molecular weight excluding hydrogens is 179 g/mol. The van der Waals surface area contributed by atoms with Crippen molar-refractivity contribution in [2.75, 3.05) is 0 Å². The van der Waals surface area contributed by atoms with Crippen LogP contribution in [0, 0.1) is 22.7 Å². The highest BCUT2D eigenvalue weighted by Gasteiger charge is 2.09. The zero-order chi connectivity index (χ0) is 9.56. The van der Waals surface area contributed by atoms with E-state index in [-0.39, 0.29) is 0 Å². The highest BCUT2D eigenvalue weighted by Crippen LogP contribution is 2.27. The first-order valence-corrected chi connectivity index (χ1v) is 4.49. The van der Waals surface area contributed by atoms with E-state index >= 15 is 0 Å². The van der Waals surface area contributed by atoms with E-state index in [1.165, 1.54) is 13.8 Å². The van der Waals surface area contributed by atoms with E-state index in [1.807, 2.05) is 0 Å². The van der Waals surface area contributed by atoms with Crippen molar-refractivity contribution in [3.63, 3.8) is 0 Å². The van der Waals surface area contributed by atoms with Gasteiger partial charge in [-0.25, -0.2) is 0 Å². The molecule has 0 saturated carbocycles. The van der Waals surface area contributed by atoms with Gasteiger partial charge < -0.3 is 0 Å². The summed E-state index contributed by atoms with van der Waals surface area (Å²) in [4.78, 5) is 0. The van der Waals surface area contributed by atoms with E-state index in [0.29, 0.717) is 0 Å². The van der Waals surface area contributed by atoms with Gasteiger partial charge in [0, 0.05) is 0 Å². The molecule has 0 aliphatic heterocycles. The maximum absolute atomic E-state index is 10.8. The molecule has 0 bridgehead atoms. The van der Waals surface area contributed by atoms with E-state index < -0.39 is 20.5 Å². The molecule has 0 aromatic heterocycles. The standard InChI is InChI=1S/C6H9N2O3P/c1-5(3-7)10-12(9)11-6(2)4-8/h5-6,12H,1-2H3. The van der Waals surface area contributed by atoms with Gasteiger partial charge in [0.15, 0.2) is 12.2 Å². The van der Waals surface area contributed by atoms with Gasteiger partial charge in [-0.2, -0.15) is 10.5 Å². The van der Waals surface area contributed by atoms with E-state index in [0.717, 1.165) is 0 Å². The van der Waals surface area contributed by atoms with Crippen LogP contribution >= 0.6 is 8.25 Å². The first kappa shape index (κ1) is 11.1. The van der Waals surface area contributed by atoms with Gasteiger partial charge in [0.1, 0.15) is 0 Å². The zero-order valence-electron chi connectivity index (χ0n) is 6.77. The van der Waals surface area contributed by atoms with Crippen molar-refractivity contribution in [3.05, 3.63) is 0 Å². The third kappa shape index (κ3) is 4.87. The average Bonchev–Trinajstić information content (AvgIpc) is 2.03. The Hall–Kier alpha value is -0.870. The van der Waals surface area contributed by atoms with Gasteiger partial charge in [-0.05, 0) is 13.8 Å². The third-order valence-electron chi connectivity index (χ3n) is 0.910. The predicted molar refractivity (Wildman–Crippen MR) is 41.3 cm³/mol. The van der Waals surface area contributed by atoms with Crippen LogP contribution in [0.5, 0.6) is 0 Å². The fourth-order valence-corrected chi connectivity index (χ4v) is 1.11. The van der Waals surface area contributed by atoms with E-state index in [9.17, 15) is 4.57 Å². The monoisotopic (exact) mass is 188 g/mol. The fourth-order valence-electron chi connectivity index (χ4n) is 0.369. The van der Waals surface area contributed by atoms with Crippen molar-refractivity contribution in [2.24, 2.45) is 0 Å². The first-order valence-electron chi connectivity index (χ1n) is 3.26. The van der Waals surface area contributed by atoms with Gasteiger partial charge >= 0.3 is 8.25 Å². The lowest BCUT2D eigenvalue weighted by molar-refractivity contribution is 0.189. The van der Waals surface area contributed by atoms with Gasteiger partial charge in [-0.15, -0.1) is 0 Å². The minimum atomic E-state index is -2.71. The maximum Gasteiger partial charge on any atom is 0.321 e. The van der Waals surface area contributed by atoms with E-state index in [4.69, 9.17) is 10.5 Å². The Balaban J connectivity index is 3.78. The lowest BCUT2D eigenvalue weighted by Crippen LogP contribution is -2.03. The van der Waals surface area contributed by atoms with Crippen molar-refractivity contribution in [1.29, 1.82) is 10.5 Å². The molecular formula is C6H9N2O3P. The van der Waals surface area contributed by atoms with Crippen LogP contribution < -0.4 is 0 Å². The van der Waals surface area contributed by atoms with Crippen LogP contribution in [-0.2, 0) is 13.6 Å². The Kier molecular flexibility index (Phi) is 5.32. The number of nitriles is 2. The molecule has 0 heterocycles. The molecule has 0 rings (SSSR count). The van der Waals surface area contributed by atoms with Crippen molar-refractivity contribution in [2.45, 2.75) is 26.1 Å². The summed E-state index contributed by atoms with van der Waals surface area (Å²) in [5.41, 5.74) is 0. The van der Waals surface area contributed by atoms with E-state index in [1.54, 1.807) is 12.1 Å². The second kappa shape index (κ2) is 5.74. The van der Waals surface area contributed by atoms with Gasteiger partial charge in [0.25, 0.3) is 0 Å². The normalized spacial score (nSPS) is 17.0. The average molecular weight is 188 g/mol. The van der Waals surface area contributed by atoms with Crippen LogP contribution in [0.2, 0.25) is 0 Å². The minimum absolute atomic E-state index is 0.776. The summed E-state index contributed by atoms with van der Waals surface area (Å²) in [6.07, 6.45) is -1.55. The predicted octanol–water partition coefficient (Wildman–Crippen LogP) is 1.23. The Morgan fingerprint density at radius 2 is 1.50 bits per heavy atom. The Labute approximate surface area is 71.5 Å². The number of hydrogen-bond donors (Lipinski definition) is 0. The largest absolute Gasteiger partial charge is 0.321 e. The minimum Gasteiger partial charge on any atom is -0.292 e. The molecule has 0 saturated heterocycles. The molecule has 0 amide bonds. The smallest absolute Gasteiger partial charge is 0.292 e. The molecule has 2 unspecified atom stereocenters. The molecule has 0 aliphatic rings. The molecule has 0 fully saturated rings. The third-order valence-corrected chi connectivity index (χ3v) is 2.00. The summed E-state index contributed by atoms with van der Waals surface area (Å²) in [6.45, 7) is 2.89. The zero-order valence-corrected chi connectivity index (χ0v) is 7.77. The first-order chi connectivity index (χ1) is 5.60. The molecule has 6 heteroatoms. The molecule has 5 nitrogen and oxygen atoms in total. The van der Waals surface area contributed by atoms with Crippen LogP contribution in [0.25, 0.3) is 0 Å². The van der Waals surface area contributed by atoms with Crippen LogP contribution in [0.1, 0.15) is 13.8 Å². The van der Waals surface area contributed by atoms with E-state index in [2.05, 4.69) is 9.05 Å². The summed E-state index contributed by atoms with van der Waals surface area (Å²) >= 11 is 0. The Morgan fingerprint density at radius 1 is 1.17 bits per heavy atom. The van der Waals surface area contributed by atoms with Crippen molar-refractivity contribution < 1.29 is 13.6 Å². The quantitative estimate of drug-likeness (QED) is 0.619. The summed E-state index contributed by atoms with van der Waals surface area (Å²) in [5, 5.41) is 16.5. The molecule has 12 heavy (non-hydrogen) atoms.